The molecule has 0 spiro atoms. The number of methoxy groups -OCH3 is 1. The van der Waals surface area contributed by atoms with Crippen LogP contribution in [0.1, 0.15) is 12.6 Å². The van der Waals surface area contributed by atoms with E-state index in [1.165, 1.54) is 22.7 Å². The van der Waals surface area contributed by atoms with Crippen LogP contribution in [0.25, 0.3) is 0 Å². The van der Waals surface area contributed by atoms with Gasteiger partial charge in [-0.3, -0.25) is 9.69 Å². The fourth-order valence-corrected chi connectivity index (χ4v) is 5.38. The van der Waals surface area contributed by atoms with Gasteiger partial charge in [-0.15, -0.1) is 21.5 Å². The molecule has 31 heavy (non-hydrogen) atoms. The Labute approximate surface area is 192 Å². The van der Waals surface area contributed by atoms with E-state index in [1.807, 2.05) is 60.0 Å². The topological polar surface area (TPSA) is 80.2 Å². The largest absolute Gasteiger partial charge is 0.497 e. The van der Waals surface area contributed by atoms with Crippen LogP contribution in [0.15, 0.2) is 64.3 Å². The molecule has 0 atom stereocenters. The number of carbonyl (C=O) groups is 1. The van der Waals surface area contributed by atoms with Crippen LogP contribution < -0.4 is 15.0 Å². The second-order valence-electron chi connectivity index (χ2n) is 6.33. The highest BCUT2D eigenvalue weighted by Crippen LogP contribution is 2.33. The Kier molecular flexibility index (Phi) is 6.80. The summed E-state index contributed by atoms with van der Waals surface area (Å²) in [4.78, 5) is 18.5. The maximum atomic E-state index is 12.2. The van der Waals surface area contributed by atoms with Crippen molar-refractivity contribution in [1.82, 2.24) is 15.2 Å². The van der Waals surface area contributed by atoms with Crippen LogP contribution in [0.3, 0.4) is 0 Å². The molecule has 0 aliphatic carbocycles. The van der Waals surface area contributed by atoms with Gasteiger partial charge in [0, 0.05) is 23.7 Å². The summed E-state index contributed by atoms with van der Waals surface area (Å²) in [6.07, 6.45) is 0. The van der Waals surface area contributed by atoms with Gasteiger partial charge in [0.1, 0.15) is 5.75 Å². The fraction of sp³-hybridized carbons (Fsp3) is 0.143. The minimum absolute atomic E-state index is 0.0712. The van der Waals surface area contributed by atoms with Crippen LogP contribution in [0.5, 0.6) is 5.75 Å². The van der Waals surface area contributed by atoms with Crippen molar-refractivity contribution >= 4 is 62.0 Å². The van der Waals surface area contributed by atoms with Crippen molar-refractivity contribution in [3.05, 3.63) is 65.7 Å². The average molecular weight is 470 g/mol. The van der Waals surface area contributed by atoms with Gasteiger partial charge in [0.2, 0.25) is 11.0 Å². The number of nitrogens with one attached hydrogen (secondary N) is 1. The highest BCUT2D eigenvalue weighted by molar-refractivity contribution is 8.00. The van der Waals surface area contributed by atoms with Crippen LogP contribution in [0, 0.1) is 0 Å². The van der Waals surface area contributed by atoms with Crippen LogP contribution in [0.4, 0.5) is 21.6 Å². The van der Waals surface area contributed by atoms with E-state index in [4.69, 9.17) is 4.74 Å². The number of carbonyl (C=O) groups excluding carboxylic acids is 1. The van der Waals surface area contributed by atoms with Gasteiger partial charge in [-0.1, -0.05) is 41.3 Å². The Hall–Kier alpha value is -2.95. The molecular weight excluding hydrogens is 450 g/mol. The molecule has 0 aliphatic rings. The lowest BCUT2D eigenvalue weighted by Crippen LogP contribution is -2.22. The Morgan fingerprint density at radius 3 is 2.61 bits per heavy atom. The smallest absolute Gasteiger partial charge is 0.230 e. The molecule has 0 saturated heterocycles. The van der Waals surface area contributed by atoms with E-state index in [-0.39, 0.29) is 5.91 Å². The number of thioether (sulfide) groups is 1. The van der Waals surface area contributed by atoms with Gasteiger partial charge in [-0.25, -0.2) is 4.98 Å². The molecule has 0 unspecified atom stereocenters. The molecule has 0 bridgehead atoms. The molecule has 2 heterocycles. The zero-order chi connectivity index (χ0) is 21.6. The fourth-order valence-electron chi connectivity index (χ4n) is 2.72. The molecule has 0 radical (unpaired) electrons. The van der Waals surface area contributed by atoms with E-state index >= 15 is 0 Å². The number of ether oxygens (including phenoxy) is 1. The van der Waals surface area contributed by atoms with E-state index in [1.54, 1.807) is 30.7 Å². The first-order valence-corrected chi connectivity index (χ1v) is 12.0. The first-order chi connectivity index (χ1) is 15.1. The predicted molar refractivity (Wildman–Crippen MR) is 127 cm³/mol. The van der Waals surface area contributed by atoms with Crippen molar-refractivity contribution < 1.29 is 9.53 Å². The summed E-state index contributed by atoms with van der Waals surface area (Å²) < 4.78 is 6.01. The van der Waals surface area contributed by atoms with Crippen molar-refractivity contribution in [3.8, 4) is 5.75 Å². The lowest BCUT2D eigenvalue weighted by molar-refractivity contribution is -0.115. The highest BCUT2D eigenvalue weighted by atomic mass is 32.2. The summed E-state index contributed by atoms with van der Waals surface area (Å²) in [5, 5.41) is 15.0. The monoisotopic (exact) mass is 469 g/mol. The second kappa shape index (κ2) is 9.90. The molecule has 158 valence electrons. The SMILES string of the molecule is COc1ccc(Nc2nnc(SCc3csc(N(C(C)=O)c4ccccc4)n3)s2)cc1. The third-order valence-electron chi connectivity index (χ3n) is 4.15. The summed E-state index contributed by atoms with van der Waals surface area (Å²) in [6.45, 7) is 1.54. The standard InChI is InChI=1S/C21H19N5O2S3/c1-14(27)26(17-6-4-3-5-7-17)20-23-16(12-29-20)13-30-21-25-24-19(31-21)22-15-8-10-18(28-2)11-9-15/h3-12H,13H2,1-2H3,(H,22,24). The van der Waals surface area contributed by atoms with E-state index < -0.39 is 0 Å². The van der Waals surface area contributed by atoms with Crippen LogP contribution in [-0.4, -0.2) is 28.2 Å². The Morgan fingerprint density at radius 2 is 1.90 bits per heavy atom. The molecule has 4 rings (SSSR count). The molecule has 4 aromatic rings. The molecule has 0 saturated carbocycles. The number of para-hydroxylation sites is 1. The number of hydrogen-bond donors (Lipinski definition) is 1. The zero-order valence-electron chi connectivity index (χ0n) is 16.8. The van der Waals surface area contributed by atoms with E-state index in [2.05, 4.69) is 20.5 Å². The van der Waals surface area contributed by atoms with Gasteiger partial charge >= 0.3 is 0 Å². The molecule has 1 N–H and O–H groups in total. The van der Waals surface area contributed by atoms with E-state index in [0.29, 0.717) is 10.9 Å². The first kappa shape index (κ1) is 21.3. The van der Waals surface area contributed by atoms with Crippen molar-refractivity contribution in [1.29, 1.82) is 0 Å². The number of anilines is 4. The minimum Gasteiger partial charge on any atom is -0.497 e. The molecule has 0 aliphatic heterocycles. The molecule has 10 heteroatoms. The maximum absolute atomic E-state index is 12.2. The molecular formula is C21H19N5O2S3. The predicted octanol–water partition coefficient (Wildman–Crippen LogP) is 5.72. The highest BCUT2D eigenvalue weighted by Gasteiger charge is 2.18. The number of amides is 1. The number of thiazole rings is 1. The Balaban J connectivity index is 1.38. The van der Waals surface area contributed by atoms with Crippen LogP contribution in [0.2, 0.25) is 0 Å². The van der Waals surface area contributed by atoms with Crippen LogP contribution in [-0.2, 0) is 10.5 Å². The summed E-state index contributed by atoms with van der Waals surface area (Å²) in [5.74, 6) is 1.38. The first-order valence-electron chi connectivity index (χ1n) is 9.30. The zero-order valence-corrected chi connectivity index (χ0v) is 19.3. The minimum atomic E-state index is -0.0712. The second-order valence-corrected chi connectivity index (χ2v) is 9.36. The van der Waals surface area contributed by atoms with Gasteiger partial charge in [0.05, 0.1) is 18.5 Å². The number of rotatable bonds is 8. The Morgan fingerprint density at radius 1 is 1.13 bits per heavy atom. The number of hydrogen-bond acceptors (Lipinski definition) is 9. The quantitative estimate of drug-likeness (QED) is 0.330. The molecule has 7 nitrogen and oxygen atoms in total. The van der Waals surface area contributed by atoms with Crippen LogP contribution >= 0.6 is 34.4 Å². The third kappa shape index (κ3) is 5.40. The summed E-state index contributed by atoms with van der Waals surface area (Å²) >= 11 is 4.50. The van der Waals surface area contributed by atoms with Gasteiger partial charge in [0.15, 0.2) is 9.47 Å². The van der Waals surface area contributed by atoms with Gasteiger partial charge in [-0.05, 0) is 36.4 Å². The van der Waals surface area contributed by atoms with Gasteiger partial charge in [0.25, 0.3) is 0 Å². The number of nitrogens with zero attached hydrogens (tertiary/aromatic N) is 4. The number of aromatic nitrogens is 3. The van der Waals surface area contributed by atoms with Gasteiger partial charge < -0.3 is 10.1 Å². The van der Waals surface area contributed by atoms with Crippen molar-refractivity contribution in [2.45, 2.75) is 17.0 Å². The number of benzene rings is 2. The third-order valence-corrected chi connectivity index (χ3v) is 7.03. The lowest BCUT2D eigenvalue weighted by atomic mass is 10.3. The maximum Gasteiger partial charge on any atom is 0.230 e. The molecule has 0 fully saturated rings. The van der Waals surface area contributed by atoms with Crippen molar-refractivity contribution in [2.75, 3.05) is 17.3 Å². The summed E-state index contributed by atoms with van der Waals surface area (Å²) in [7, 11) is 1.64. The molecule has 2 aromatic carbocycles. The molecule has 1 amide bonds. The lowest BCUT2D eigenvalue weighted by Gasteiger charge is -2.17. The Bertz CT molecular complexity index is 1150. The van der Waals surface area contributed by atoms with Gasteiger partial charge in [-0.2, -0.15) is 0 Å². The van der Waals surface area contributed by atoms with Crippen molar-refractivity contribution in [3.63, 3.8) is 0 Å². The van der Waals surface area contributed by atoms with Crippen molar-refractivity contribution in [2.24, 2.45) is 0 Å². The summed E-state index contributed by atoms with van der Waals surface area (Å²) in [6, 6.07) is 17.2. The normalized spacial score (nSPS) is 10.6. The molecule has 2 aromatic heterocycles. The summed E-state index contributed by atoms with van der Waals surface area (Å²) in [5.41, 5.74) is 2.62. The van der Waals surface area contributed by atoms with E-state index in [0.717, 1.165) is 32.3 Å². The van der Waals surface area contributed by atoms with E-state index in [9.17, 15) is 4.79 Å². The average Bonchev–Trinajstić information content (AvgIpc) is 3.43.